The van der Waals surface area contributed by atoms with E-state index in [2.05, 4.69) is 78.2 Å². The van der Waals surface area contributed by atoms with Gasteiger partial charge in [-0.25, -0.2) is 0 Å². The van der Waals surface area contributed by atoms with Gasteiger partial charge in [-0.3, -0.25) is 0 Å². The fraction of sp³-hybridized carbons (Fsp3) is 0.294. The Labute approximate surface area is 134 Å². The molecule has 20 heavy (non-hydrogen) atoms. The first-order chi connectivity index (χ1) is 9.65. The molecule has 0 aromatic heterocycles. The van der Waals surface area contributed by atoms with Crippen LogP contribution in [0.2, 0.25) is 0 Å². The third-order valence-corrected chi connectivity index (χ3v) is 4.08. The lowest BCUT2D eigenvalue weighted by Crippen LogP contribution is -2.22. The number of halogens is 1. The zero-order valence-corrected chi connectivity index (χ0v) is 14.3. The molecule has 0 radical (unpaired) electrons. The number of hydrogen-bond donors (Lipinski definition) is 1. The van der Waals surface area contributed by atoms with E-state index in [0.717, 1.165) is 12.3 Å². The minimum Gasteiger partial charge on any atom is -0.496 e. The predicted molar refractivity (Wildman–Crippen MR) is 92.4 cm³/mol. The highest BCUT2D eigenvalue weighted by Crippen LogP contribution is 2.27. The minimum atomic E-state index is 0.224. The highest BCUT2D eigenvalue weighted by molar-refractivity contribution is 14.1. The van der Waals surface area contributed by atoms with Gasteiger partial charge in [0.1, 0.15) is 5.75 Å². The van der Waals surface area contributed by atoms with E-state index in [1.54, 1.807) is 7.11 Å². The molecule has 0 saturated carbocycles. The quantitative estimate of drug-likeness (QED) is 0.780. The van der Waals surface area contributed by atoms with E-state index >= 15 is 0 Å². The topological polar surface area (TPSA) is 21.3 Å². The van der Waals surface area contributed by atoms with Gasteiger partial charge in [-0.15, -0.1) is 0 Å². The number of hydrogen-bond acceptors (Lipinski definition) is 2. The molecule has 0 spiro atoms. The fourth-order valence-corrected chi connectivity index (χ4v) is 2.73. The van der Waals surface area contributed by atoms with E-state index in [9.17, 15) is 0 Å². The summed E-state index contributed by atoms with van der Waals surface area (Å²) in [7, 11) is 1.71. The molecule has 0 aliphatic carbocycles. The molecule has 0 bridgehead atoms. The SMILES string of the molecule is CCNC(c1ccc(I)cc1)c1ccc(OC)c(C)c1. The molecular formula is C17H20INO. The van der Waals surface area contributed by atoms with E-state index in [4.69, 9.17) is 4.74 Å². The maximum atomic E-state index is 5.34. The van der Waals surface area contributed by atoms with Crippen molar-refractivity contribution in [2.45, 2.75) is 19.9 Å². The lowest BCUT2D eigenvalue weighted by Gasteiger charge is -2.20. The second-order valence-electron chi connectivity index (χ2n) is 4.77. The van der Waals surface area contributed by atoms with Crippen LogP contribution in [0, 0.1) is 10.5 Å². The van der Waals surface area contributed by atoms with Crippen molar-refractivity contribution in [2.24, 2.45) is 0 Å². The van der Waals surface area contributed by atoms with Gasteiger partial charge in [0.2, 0.25) is 0 Å². The first-order valence-corrected chi connectivity index (χ1v) is 7.87. The molecule has 0 saturated heterocycles. The monoisotopic (exact) mass is 381 g/mol. The fourth-order valence-electron chi connectivity index (χ4n) is 2.37. The molecule has 1 unspecified atom stereocenters. The Hall–Kier alpha value is -1.07. The summed E-state index contributed by atoms with van der Waals surface area (Å²) in [6, 6.07) is 15.3. The van der Waals surface area contributed by atoms with Gasteiger partial charge in [-0.1, -0.05) is 31.2 Å². The molecule has 2 rings (SSSR count). The summed E-state index contributed by atoms with van der Waals surface area (Å²) in [5.74, 6) is 0.937. The second kappa shape index (κ2) is 7.09. The standard InChI is InChI=1S/C17H20INO/c1-4-19-17(13-5-8-15(18)9-6-13)14-7-10-16(20-3)12(2)11-14/h5-11,17,19H,4H2,1-3H3. The predicted octanol–water partition coefficient (Wildman–Crippen LogP) is 4.31. The summed E-state index contributed by atoms with van der Waals surface area (Å²) in [5.41, 5.74) is 3.72. The Morgan fingerprint density at radius 3 is 2.30 bits per heavy atom. The number of nitrogens with one attached hydrogen (secondary N) is 1. The van der Waals surface area contributed by atoms with Crippen LogP contribution in [0.5, 0.6) is 5.75 Å². The summed E-state index contributed by atoms with van der Waals surface area (Å²) in [5, 5.41) is 3.56. The van der Waals surface area contributed by atoms with Crippen molar-refractivity contribution in [1.82, 2.24) is 5.32 Å². The van der Waals surface area contributed by atoms with Crippen LogP contribution in [-0.2, 0) is 0 Å². The van der Waals surface area contributed by atoms with Gasteiger partial charge < -0.3 is 10.1 Å². The maximum absolute atomic E-state index is 5.34. The van der Waals surface area contributed by atoms with Crippen LogP contribution < -0.4 is 10.1 Å². The highest BCUT2D eigenvalue weighted by Gasteiger charge is 2.14. The summed E-state index contributed by atoms with van der Waals surface area (Å²) in [6.07, 6.45) is 0. The molecule has 2 aromatic carbocycles. The number of aryl methyl sites for hydroxylation is 1. The lowest BCUT2D eigenvalue weighted by atomic mass is 9.97. The first-order valence-electron chi connectivity index (χ1n) is 6.79. The molecule has 0 heterocycles. The Morgan fingerprint density at radius 1 is 1.10 bits per heavy atom. The number of benzene rings is 2. The Balaban J connectivity index is 2.37. The molecular weight excluding hydrogens is 361 g/mol. The van der Waals surface area contributed by atoms with E-state index < -0.39 is 0 Å². The van der Waals surface area contributed by atoms with Gasteiger partial charge in [0, 0.05) is 3.57 Å². The van der Waals surface area contributed by atoms with Crippen molar-refractivity contribution < 1.29 is 4.74 Å². The summed E-state index contributed by atoms with van der Waals surface area (Å²) in [6.45, 7) is 5.15. The van der Waals surface area contributed by atoms with Gasteiger partial charge >= 0.3 is 0 Å². The molecule has 1 N–H and O–H groups in total. The zero-order valence-electron chi connectivity index (χ0n) is 12.1. The number of ether oxygens (including phenoxy) is 1. The minimum absolute atomic E-state index is 0.224. The van der Waals surface area contributed by atoms with Crippen molar-refractivity contribution in [3.05, 3.63) is 62.7 Å². The molecule has 0 aliphatic heterocycles. The lowest BCUT2D eigenvalue weighted by molar-refractivity contribution is 0.411. The molecule has 0 fully saturated rings. The average Bonchev–Trinajstić information content (AvgIpc) is 2.46. The van der Waals surface area contributed by atoms with Gasteiger partial charge in [0.15, 0.2) is 0 Å². The van der Waals surface area contributed by atoms with Gasteiger partial charge in [-0.05, 0) is 70.9 Å². The molecule has 106 valence electrons. The number of methoxy groups -OCH3 is 1. The molecule has 3 heteroatoms. The van der Waals surface area contributed by atoms with Crippen molar-refractivity contribution in [1.29, 1.82) is 0 Å². The third kappa shape index (κ3) is 3.52. The molecule has 0 aliphatic rings. The largest absolute Gasteiger partial charge is 0.496 e. The maximum Gasteiger partial charge on any atom is 0.121 e. The number of rotatable bonds is 5. The smallest absolute Gasteiger partial charge is 0.121 e. The molecule has 2 aromatic rings. The van der Waals surface area contributed by atoms with E-state index in [-0.39, 0.29) is 6.04 Å². The Kier molecular flexibility index (Phi) is 5.43. The molecule has 1 atom stereocenters. The van der Waals surface area contributed by atoms with Gasteiger partial charge in [0.05, 0.1) is 13.2 Å². The molecule has 2 nitrogen and oxygen atoms in total. The summed E-state index contributed by atoms with van der Waals surface area (Å²) < 4.78 is 6.60. The van der Waals surface area contributed by atoms with E-state index in [1.165, 1.54) is 20.3 Å². The second-order valence-corrected chi connectivity index (χ2v) is 6.02. The first kappa shape index (κ1) is 15.3. The van der Waals surface area contributed by atoms with Crippen molar-refractivity contribution in [3.8, 4) is 5.75 Å². The Bertz CT molecular complexity index is 566. The average molecular weight is 381 g/mol. The zero-order chi connectivity index (χ0) is 14.5. The normalized spacial score (nSPS) is 12.2. The third-order valence-electron chi connectivity index (χ3n) is 3.36. The van der Waals surface area contributed by atoms with E-state index in [0.29, 0.717) is 0 Å². The van der Waals surface area contributed by atoms with Crippen LogP contribution in [0.25, 0.3) is 0 Å². The van der Waals surface area contributed by atoms with Crippen LogP contribution in [0.3, 0.4) is 0 Å². The van der Waals surface area contributed by atoms with Crippen LogP contribution in [0.15, 0.2) is 42.5 Å². The highest BCUT2D eigenvalue weighted by atomic mass is 127. The van der Waals surface area contributed by atoms with Crippen molar-refractivity contribution in [3.63, 3.8) is 0 Å². The summed E-state index contributed by atoms with van der Waals surface area (Å²) in [4.78, 5) is 0. The van der Waals surface area contributed by atoms with Crippen molar-refractivity contribution in [2.75, 3.05) is 13.7 Å². The van der Waals surface area contributed by atoms with Crippen molar-refractivity contribution >= 4 is 22.6 Å². The molecule has 0 amide bonds. The van der Waals surface area contributed by atoms with Gasteiger partial charge in [-0.2, -0.15) is 0 Å². The van der Waals surface area contributed by atoms with E-state index in [1.807, 2.05) is 6.07 Å². The van der Waals surface area contributed by atoms with Crippen LogP contribution >= 0.6 is 22.6 Å². The Morgan fingerprint density at radius 2 is 1.75 bits per heavy atom. The van der Waals surface area contributed by atoms with Gasteiger partial charge in [0.25, 0.3) is 0 Å². The summed E-state index contributed by atoms with van der Waals surface area (Å²) >= 11 is 2.33. The van der Waals surface area contributed by atoms with Crippen LogP contribution in [0.4, 0.5) is 0 Å². The van der Waals surface area contributed by atoms with Crippen LogP contribution in [-0.4, -0.2) is 13.7 Å². The van der Waals surface area contributed by atoms with Crippen LogP contribution in [0.1, 0.15) is 29.7 Å².